The molecule has 8 nitrogen and oxygen atoms in total. The third kappa shape index (κ3) is 6.72. The van der Waals surface area contributed by atoms with Gasteiger partial charge in [-0.1, -0.05) is 51.6 Å². The molecular weight excluding hydrogens is 468 g/mol. The van der Waals surface area contributed by atoms with E-state index >= 15 is 0 Å². The number of fused-ring (bicyclic) bond motifs is 1. The van der Waals surface area contributed by atoms with Gasteiger partial charge >= 0.3 is 5.91 Å². The molecule has 8 heteroatoms. The summed E-state index contributed by atoms with van der Waals surface area (Å²) in [5, 5.41) is 5.87. The number of hydrogen-bond donors (Lipinski definition) is 2. The molecule has 0 aromatic heterocycles. The van der Waals surface area contributed by atoms with E-state index < -0.39 is 17.5 Å². The molecule has 1 heterocycles. The Hall–Kier alpha value is -3.31. The van der Waals surface area contributed by atoms with Crippen molar-refractivity contribution in [1.82, 2.24) is 15.5 Å². The highest BCUT2D eigenvalue weighted by Gasteiger charge is 2.50. The highest BCUT2D eigenvalue weighted by atomic mass is 16.2. The number of nitrogens with zero attached hydrogens (tertiary/aromatic N) is 2. The monoisotopic (exact) mass is 507 g/mol. The highest BCUT2D eigenvalue weighted by Crippen LogP contribution is 2.42. The van der Waals surface area contributed by atoms with E-state index in [0.29, 0.717) is 18.0 Å². The van der Waals surface area contributed by atoms with E-state index in [-0.39, 0.29) is 41.9 Å². The summed E-state index contributed by atoms with van der Waals surface area (Å²) < 4.78 is 0. The van der Waals surface area contributed by atoms with Gasteiger partial charge in [-0.2, -0.15) is 0 Å². The van der Waals surface area contributed by atoms with Gasteiger partial charge in [0.2, 0.25) is 11.8 Å². The van der Waals surface area contributed by atoms with Crippen LogP contribution in [0.25, 0.3) is 4.85 Å². The van der Waals surface area contributed by atoms with E-state index in [4.69, 9.17) is 0 Å². The number of ketones is 1. The molecule has 37 heavy (non-hydrogen) atoms. The highest BCUT2D eigenvalue weighted by molar-refractivity contribution is 6.04. The molecule has 5 atom stereocenters. The second-order valence-corrected chi connectivity index (χ2v) is 11.1. The molecule has 0 radical (unpaired) electrons. The zero-order valence-corrected chi connectivity index (χ0v) is 22.5. The summed E-state index contributed by atoms with van der Waals surface area (Å²) in [6.07, 6.45) is 4.04. The number of allylic oxidation sites excluding steroid dienone is 1. The average molecular weight is 508 g/mol. The summed E-state index contributed by atoms with van der Waals surface area (Å²) in [5.74, 6) is -0.570. The van der Waals surface area contributed by atoms with E-state index in [1.807, 2.05) is 25.7 Å². The van der Waals surface area contributed by atoms with Gasteiger partial charge in [0, 0.05) is 17.0 Å². The molecule has 198 valence electrons. The lowest BCUT2D eigenvalue weighted by atomic mass is 9.85. The maximum atomic E-state index is 13.7. The van der Waals surface area contributed by atoms with Crippen LogP contribution in [0.4, 0.5) is 0 Å². The first kappa shape index (κ1) is 28.3. The third-order valence-corrected chi connectivity index (χ3v) is 7.49. The molecule has 2 N–H and O–H groups in total. The van der Waals surface area contributed by atoms with Gasteiger partial charge in [0.25, 0.3) is 6.07 Å². The average Bonchev–Trinajstić information content (AvgIpc) is 3.46. The van der Waals surface area contributed by atoms with Crippen LogP contribution in [0.3, 0.4) is 0 Å². The predicted octanol–water partition coefficient (Wildman–Crippen LogP) is 3.22. The number of likely N-dealkylation sites (tertiary alicyclic amines) is 1. The topological polar surface area (TPSA) is 99.9 Å². The number of rotatable bonds is 8. The van der Waals surface area contributed by atoms with Crippen LogP contribution < -0.4 is 10.6 Å². The van der Waals surface area contributed by atoms with Gasteiger partial charge in [-0.3, -0.25) is 14.4 Å². The molecule has 3 rings (SSSR count). The lowest BCUT2D eigenvalue weighted by Crippen LogP contribution is -2.58. The van der Waals surface area contributed by atoms with Crippen molar-refractivity contribution >= 4 is 23.5 Å². The number of carbonyl (C=O) groups is 4. The minimum Gasteiger partial charge on any atom is -0.342 e. The smallest absolute Gasteiger partial charge is 0.342 e. The van der Waals surface area contributed by atoms with Crippen molar-refractivity contribution in [1.29, 1.82) is 0 Å². The van der Waals surface area contributed by atoms with Crippen LogP contribution in [0.1, 0.15) is 62.9 Å². The first-order valence-corrected chi connectivity index (χ1v) is 13.0. The summed E-state index contributed by atoms with van der Waals surface area (Å²) in [7, 11) is 1.71. The summed E-state index contributed by atoms with van der Waals surface area (Å²) in [6, 6.07) is 8.74. The second-order valence-electron chi connectivity index (χ2n) is 11.1. The molecular formula is C29H39N4O4+. The fourth-order valence-corrected chi connectivity index (χ4v) is 5.19. The molecule has 1 saturated carbocycles. The third-order valence-electron chi connectivity index (χ3n) is 7.49. The van der Waals surface area contributed by atoms with Crippen LogP contribution in [0.15, 0.2) is 36.9 Å². The minimum absolute atomic E-state index is 0.0725. The van der Waals surface area contributed by atoms with E-state index in [1.165, 1.54) is 6.08 Å². The Bertz CT molecular complexity index is 1110. The summed E-state index contributed by atoms with van der Waals surface area (Å²) in [4.78, 5) is 56.6. The lowest BCUT2D eigenvalue weighted by molar-refractivity contribution is -0.141. The minimum atomic E-state index is -0.662. The Morgan fingerprint density at radius 3 is 2.43 bits per heavy atom. The van der Waals surface area contributed by atoms with Crippen LogP contribution in [0, 0.1) is 23.3 Å². The van der Waals surface area contributed by atoms with Crippen molar-refractivity contribution in [2.75, 3.05) is 13.6 Å². The number of likely N-dealkylation sites (N-methyl/N-ethyl adjacent to an activating group) is 1. The van der Waals surface area contributed by atoms with Gasteiger partial charge in [0.05, 0.1) is 12.1 Å². The Morgan fingerprint density at radius 1 is 1.16 bits per heavy atom. The molecule has 1 unspecified atom stereocenters. The van der Waals surface area contributed by atoms with Gasteiger partial charge < -0.3 is 15.5 Å². The summed E-state index contributed by atoms with van der Waals surface area (Å²) in [5.41, 5.74) is 0.818. The first-order valence-electron chi connectivity index (χ1n) is 13.0. The number of benzene rings is 1. The van der Waals surface area contributed by atoms with Crippen molar-refractivity contribution in [2.45, 2.75) is 71.5 Å². The molecule has 1 aromatic carbocycles. The van der Waals surface area contributed by atoms with Gasteiger partial charge in [-0.05, 0) is 56.2 Å². The quantitative estimate of drug-likeness (QED) is 0.416. The molecule has 0 spiro atoms. The molecule has 2 fully saturated rings. The largest absolute Gasteiger partial charge is 0.519 e. The van der Waals surface area contributed by atoms with Crippen LogP contribution in [-0.2, 0) is 20.8 Å². The number of carbonyl (C=O) groups excluding carboxylic acids is 4. The zero-order chi connectivity index (χ0) is 27.3. The zero-order valence-electron chi connectivity index (χ0n) is 22.5. The van der Waals surface area contributed by atoms with E-state index in [9.17, 15) is 19.2 Å². The SMILES string of the molecule is C=CC(=O)c1ccc(CC(=O)[N+]#CC2CC[C@@H]3CCN(C(=O)[C@@H](NC(=O)[C@H](C)NC)C(C)(C)C)[C@H]23)cc1. The standard InChI is InChI=1S/C29H38N4O4/c1-7-23(34)20-10-8-19(9-11-20)16-24(35)31-17-22-13-12-21-14-15-33(25(21)22)28(37)26(29(3,4)5)32-27(36)18(2)30-6/h7-11,18,21-22,25-26,30H,1,12-16H2,2-6H3/p+1/t18-,21+,22?,25-,26+/m0/s1. The molecule has 1 saturated heterocycles. The van der Waals surface area contributed by atoms with Crippen LogP contribution in [0.5, 0.6) is 0 Å². The number of nitrogens with one attached hydrogen (secondary N) is 2. The fraction of sp³-hybridized carbons (Fsp3) is 0.552. The van der Waals surface area contributed by atoms with Crippen molar-refractivity contribution in [3.05, 3.63) is 52.9 Å². The molecule has 2 aliphatic rings. The molecule has 1 aliphatic heterocycles. The van der Waals surface area contributed by atoms with Crippen molar-refractivity contribution in [3.8, 4) is 6.07 Å². The van der Waals surface area contributed by atoms with E-state index in [1.54, 1.807) is 38.2 Å². The van der Waals surface area contributed by atoms with Gasteiger partial charge in [0.15, 0.2) is 5.78 Å². The van der Waals surface area contributed by atoms with Crippen LogP contribution >= 0.6 is 0 Å². The Kier molecular flexibility index (Phi) is 9.03. The summed E-state index contributed by atoms with van der Waals surface area (Å²) in [6.45, 7) is 11.7. The maximum absolute atomic E-state index is 13.7. The molecule has 1 aliphatic carbocycles. The van der Waals surface area contributed by atoms with E-state index in [2.05, 4.69) is 28.1 Å². The van der Waals surface area contributed by atoms with Crippen LogP contribution in [0.2, 0.25) is 0 Å². The Labute approximate surface area is 219 Å². The summed E-state index contributed by atoms with van der Waals surface area (Å²) >= 11 is 0. The van der Waals surface area contributed by atoms with Crippen molar-refractivity contribution < 1.29 is 19.2 Å². The Morgan fingerprint density at radius 2 is 1.84 bits per heavy atom. The molecule has 3 amide bonds. The number of hydrogen-bond acceptors (Lipinski definition) is 5. The van der Waals surface area contributed by atoms with Gasteiger partial charge in [0.1, 0.15) is 18.4 Å². The number of amides is 3. The van der Waals surface area contributed by atoms with Crippen molar-refractivity contribution in [3.63, 3.8) is 0 Å². The molecule has 1 aromatic rings. The van der Waals surface area contributed by atoms with Gasteiger partial charge in [-0.25, -0.2) is 4.79 Å². The maximum Gasteiger partial charge on any atom is 0.519 e. The first-order chi connectivity index (χ1) is 17.5. The normalized spacial score (nSPS) is 22.3. The van der Waals surface area contributed by atoms with Gasteiger partial charge in [-0.15, -0.1) is 0 Å². The molecule has 0 bridgehead atoms. The van der Waals surface area contributed by atoms with Crippen molar-refractivity contribution in [2.24, 2.45) is 17.3 Å². The fourth-order valence-electron chi connectivity index (χ4n) is 5.19. The second kappa shape index (κ2) is 11.8. The Balaban J connectivity index is 1.71. The van der Waals surface area contributed by atoms with E-state index in [0.717, 1.165) is 24.8 Å². The lowest BCUT2D eigenvalue weighted by Gasteiger charge is -2.36. The predicted molar refractivity (Wildman–Crippen MR) is 143 cm³/mol. The van der Waals surface area contributed by atoms with Crippen LogP contribution in [-0.4, -0.2) is 60.1 Å².